The summed E-state index contributed by atoms with van der Waals surface area (Å²) >= 11 is 11.6. The third-order valence-corrected chi connectivity index (χ3v) is 2.72. The Hall–Kier alpha value is -0.400. The average Bonchev–Trinajstić information content (AvgIpc) is 2.29. The Morgan fingerprint density at radius 3 is 2.13 bits per heavy atom. The van der Waals surface area contributed by atoms with Crippen LogP contribution in [0.2, 0.25) is 0 Å². The monoisotopic (exact) mass is 246 g/mol. The predicted octanol–water partition coefficient (Wildman–Crippen LogP) is 4.34. The van der Waals surface area contributed by atoms with Crippen LogP contribution in [0.25, 0.3) is 0 Å². The molecule has 0 spiro atoms. The molecule has 3 heteroatoms. The Kier molecular flexibility index (Phi) is 5.89. The van der Waals surface area contributed by atoms with Crippen molar-refractivity contribution in [1.29, 1.82) is 0 Å². The maximum Gasteiger partial charge on any atom is 0.119 e. The molecular formula is C12H16Cl2O. The van der Waals surface area contributed by atoms with Gasteiger partial charge in [-0.3, -0.25) is 0 Å². The fraction of sp³-hybridized carbons (Fsp3) is 0.500. The summed E-state index contributed by atoms with van der Waals surface area (Å²) in [5.74, 6) is 1.86. The highest BCUT2D eigenvalue weighted by molar-refractivity contribution is 6.17. The third-order valence-electron chi connectivity index (χ3n) is 2.10. The quantitative estimate of drug-likeness (QED) is 0.536. The normalized spacial score (nSPS) is 10.3. The number of rotatable bonds is 6. The van der Waals surface area contributed by atoms with Crippen molar-refractivity contribution in [2.24, 2.45) is 0 Å². The average molecular weight is 247 g/mol. The summed E-state index contributed by atoms with van der Waals surface area (Å²) in [6, 6.07) is 5.95. The molecule has 1 nitrogen and oxygen atoms in total. The van der Waals surface area contributed by atoms with Gasteiger partial charge in [-0.1, -0.05) is 19.4 Å². The van der Waals surface area contributed by atoms with Gasteiger partial charge < -0.3 is 4.74 Å². The van der Waals surface area contributed by atoms with Crippen LogP contribution >= 0.6 is 23.2 Å². The molecule has 0 aliphatic rings. The fourth-order valence-electron chi connectivity index (χ4n) is 1.30. The highest BCUT2D eigenvalue weighted by atomic mass is 35.5. The summed E-state index contributed by atoms with van der Waals surface area (Å²) in [6.07, 6.45) is 2.21. The van der Waals surface area contributed by atoms with E-state index in [9.17, 15) is 0 Å². The van der Waals surface area contributed by atoms with Crippen molar-refractivity contribution in [3.8, 4) is 5.75 Å². The highest BCUT2D eigenvalue weighted by Crippen LogP contribution is 2.20. The predicted molar refractivity (Wildman–Crippen MR) is 66.0 cm³/mol. The van der Waals surface area contributed by atoms with E-state index in [-0.39, 0.29) is 0 Å². The van der Waals surface area contributed by atoms with Crippen LogP contribution < -0.4 is 4.74 Å². The molecule has 0 amide bonds. The number of ether oxygens (including phenoxy) is 1. The first kappa shape index (κ1) is 12.7. The second-order valence-electron chi connectivity index (χ2n) is 3.45. The number of benzene rings is 1. The molecule has 0 fully saturated rings. The number of alkyl halides is 2. The van der Waals surface area contributed by atoms with Crippen molar-refractivity contribution in [3.63, 3.8) is 0 Å². The smallest absolute Gasteiger partial charge is 0.119 e. The Bertz CT molecular complexity index is 277. The molecule has 0 bridgehead atoms. The van der Waals surface area contributed by atoms with Crippen molar-refractivity contribution in [2.75, 3.05) is 6.61 Å². The van der Waals surface area contributed by atoms with Crippen LogP contribution in [0.3, 0.4) is 0 Å². The zero-order valence-corrected chi connectivity index (χ0v) is 10.4. The topological polar surface area (TPSA) is 9.23 Å². The molecule has 0 atom stereocenters. The van der Waals surface area contributed by atoms with Crippen LogP contribution in [0.15, 0.2) is 18.2 Å². The van der Waals surface area contributed by atoms with E-state index >= 15 is 0 Å². The van der Waals surface area contributed by atoms with Crippen LogP contribution in [0.5, 0.6) is 5.75 Å². The molecule has 0 radical (unpaired) electrons. The zero-order valence-electron chi connectivity index (χ0n) is 8.93. The molecule has 0 aromatic heterocycles. The third kappa shape index (κ3) is 4.31. The summed E-state index contributed by atoms with van der Waals surface area (Å²) < 4.78 is 5.61. The van der Waals surface area contributed by atoms with Crippen LogP contribution in [0, 0.1) is 0 Å². The van der Waals surface area contributed by atoms with Gasteiger partial charge in [-0.15, -0.1) is 23.2 Å². The molecule has 84 valence electrons. The SMILES string of the molecule is CCCCOc1cc(CCl)cc(CCl)c1. The van der Waals surface area contributed by atoms with Crippen molar-refractivity contribution in [2.45, 2.75) is 31.5 Å². The van der Waals surface area contributed by atoms with E-state index < -0.39 is 0 Å². The Balaban J connectivity index is 2.68. The lowest BCUT2D eigenvalue weighted by Crippen LogP contribution is -1.97. The maximum atomic E-state index is 5.79. The Morgan fingerprint density at radius 1 is 1.07 bits per heavy atom. The van der Waals surface area contributed by atoms with E-state index in [0.29, 0.717) is 11.8 Å². The molecule has 0 aliphatic heterocycles. The van der Waals surface area contributed by atoms with Gasteiger partial charge in [0, 0.05) is 11.8 Å². The Morgan fingerprint density at radius 2 is 1.67 bits per heavy atom. The van der Waals surface area contributed by atoms with Crippen LogP contribution in [-0.2, 0) is 11.8 Å². The largest absolute Gasteiger partial charge is 0.494 e. The van der Waals surface area contributed by atoms with E-state index in [0.717, 1.165) is 36.3 Å². The van der Waals surface area contributed by atoms with Gasteiger partial charge in [-0.05, 0) is 29.7 Å². The first-order valence-electron chi connectivity index (χ1n) is 5.17. The van der Waals surface area contributed by atoms with E-state index in [1.165, 1.54) is 0 Å². The van der Waals surface area contributed by atoms with Crippen molar-refractivity contribution in [3.05, 3.63) is 29.3 Å². The standard InChI is InChI=1S/C12H16Cl2O/c1-2-3-4-15-12-6-10(8-13)5-11(7-12)9-14/h5-7H,2-4,8-9H2,1H3. The summed E-state index contributed by atoms with van der Waals surface area (Å²) in [7, 11) is 0. The van der Waals surface area contributed by atoms with E-state index in [1.807, 2.05) is 18.2 Å². The summed E-state index contributed by atoms with van der Waals surface area (Å²) in [6.45, 7) is 2.90. The van der Waals surface area contributed by atoms with Gasteiger partial charge in [-0.2, -0.15) is 0 Å². The zero-order chi connectivity index (χ0) is 11.1. The Labute approximate surface area is 101 Å². The minimum Gasteiger partial charge on any atom is -0.494 e. The van der Waals surface area contributed by atoms with Gasteiger partial charge in [0.1, 0.15) is 5.75 Å². The number of hydrogen-bond acceptors (Lipinski definition) is 1. The van der Waals surface area contributed by atoms with Crippen molar-refractivity contribution in [1.82, 2.24) is 0 Å². The number of hydrogen-bond donors (Lipinski definition) is 0. The van der Waals surface area contributed by atoms with E-state index in [4.69, 9.17) is 27.9 Å². The molecule has 0 saturated carbocycles. The minimum atomic E-state index is 0.495. The highest BCUT2D eigenvalue weighted by Gasteiger charge is 2.00. The lowest BCUT2D eigenvalue weighted by atomic mass is 10.1. The molecule has 1 rings (SSSR count). The maximum absolute atomic E-state index is 5.79. The van der Waals surface area contributed by atoms with Crippen LogP contribution in [0.4, 0.5) is 0 Å². The molecule has 1 aromatic carbocycles. The molecule has 0 heterocycles. The number of halogens is 2. The van der Waals surface area contributed by atoms with Crippen LogP contribution in [-0.4, -0.2) is 6.61 Å². The van der Waals surface area contributed by atoms with Crippen molar-refractivity contribution < 1.29 is 4.74 Å². The van der Waals surface area contributed by atoms with Gasteiger partial charge in [0.05, 0.1) is 6.61 Å². The van der Waals surface area contributed by atoms with Gasteiger partial charge in [0.25, 0.3) is 0 Å². The van der Waals surface area contributed by atoms with Gasteiger partial charge >= 0.3 is 0 Å². The summed E-state index contributed by atoms with van der Waals surface area (Å²) in [5, 5.41) is 0. The van der Waals surface area contributed by atoms with Gasteiger partial charge in [0.15, 0.2) is 0 Å². The second-order valence-corrected chi connectivity index (χ2v) is 3.99. The molecule has 0 unspecified atom stereocenters. The van der Waals surface area contributed by atoms with Crippen molar-refractivity contribution >= 4 is 23.2 Å². The molecule has 0 aliphatic carbocycles. The van der Waals surface area contributed by atoms with Gasteiger partial charge in [0.2, 0.25) is 0 Å². The molecule has 15 heavy (non-hydrogen) atoms. The molecule has 1 aromatic rings. The van der Waals surface area contributed by atoms with Crippen LogP contribution in [0.1, 0.15) is 30.9 Å². The first-order valence-corrected chi connectivity index (χ1v) is 6.24. The first-order chi connectivity index (χ1) is 7.30. The van der Waals surface area contributed by atoms with E-state index in [1.54, 1.807) is 0 Å². The number of unbranched alkanes of at least 4 members (excludes halogenated alkanes) is 1. The fourth-order valence-corrected chi connectivity index (χ4v) is 1.61. The molecular weight excluding hydrogens is 231 g/mol. The van der Waals surface area contributed by atoms with E-state index in [2.05, 4.69) is 6.92 Å². The minimum absolute atomic E-state index is 0.495. The molecule has 0 N–H and O–H groups in total. The second kappa shape index (κ2) is 6.97. The lowest BCUT2D eigenvalue weighted by Gasteiger charge is -2.08. The summed E-state index contributed by atoms with van der Waals surface area (Å²) in [5.41, 5.74) is 2.11. The van der Waals surface area contributed by atoms with Gasteiger partial charge in [-0.25, -0.2) is 0 Å². The summed E-state index contributed by atoms with van der Waals surface area (Å²) in [4.78, 5) is 0. The lowest BCUT2D eigenvalue weighted by molar-refractivity contribution is 0.309. The molecule has 0 saturated heterocycles.